The monoisotopic (exact) mass is 251 g/mol. The van der Waals surface area contributed by atoms with Crippen LogP contribution >= 0.6 is 0 Å². The molecule has 5 nitrogen and oxygen atoms in total. The Balaban J connectivity index is 2.76. The highest BCUT2D eigenvalue weighted by Gasteiger charge is 2.08. The Kier molecular flexibility index (Phi) is 5.61. The number of amidine groups is 1. The number of nitrogen functional groups attached to an aromatic ring is 1. The maximum Gasteiger partial charge on any atom is 0.130 e. The van der Waals surface area contributed by atoms with Crippen molar-refractivity contribution >= 4 is 5.84 Å². The van der Waals surface area contributed by atoms with Crippen LogP contribution in [0.2, 0.25) is 0 Å². The largest absolute Gasteiger partial charge is 0.496 e. The fourth-order valence-corrected chi connectivity index (χ4v) is 1.69. The van der Waals surface area contributed by atoms with Gasteiger partial charge in [-0.15, -0.1) is 0 Å². The van der Waals surface area contributed by atoms with E-state index in [2.05, 4.69) is 4.90 Å². The third-order valence-corrected chi connectivity index (χ3v) is 2.69. The van der Waals surface area contributed by atoms with Crippen molar-refractivity contribution in [2.45, 2.75) is 6.54 Å². The first-order valence-electron chi connectivity index (χ1n) is 5.77. The van der Waals surface area contributed by atoms with Crippen molar-refractivity contribution in [3.8, 4) is 5.75 Å². The quantitative estimate of drug-likeness (QED) is 0.561. The number of likely N-dealkylation sites (N-methyl/N-ethyl adjacent to an activating group) is 1. The maximum absolute atomic E-state index is 7.45. The van der Waals surface area contributed by atoms with Crippen molar-refractivity contribution in [3.05, 3.63) is 29.3 Å². The fourth-order valence-electron chi connectivity index (χ4n) is 1.69. The lowest BCUT2D eigenvalue weighted by Crippen LogP contribution is -2.22. The summed E-state index contributed by atoms with van der Waals surface area (Å²) in [5.74, 6) is 0.659. The van der Waals surface area contributed by atoms with Gasteiger partial charge >= 0.3 is 0 Å². The van der Waals surface area contributed by atoms with Gasteiger partial charge in [-0.2, -0.15) is 0 Å². The van der Waals surface area contributed by atoms with Gasteiger partial charge in [-0.1, -0.05) is 6.07 Å². The van der Waals surface area contributed by atoms with E-state index in [1.807, 2.05) is 25.2 Å². The zero-order valence-electron chi connectivity index (χ0n) is 11.2. The molecule has 0 spiro atoms. The summed E-state index contributed by atoms with van der Waals surface area (Å²) in [6, 6.07) is 5.70. The van der Waals surface area contributed by atoms with Crippen molar-refractivity contribution in [2.75, 3.05) is 34.4 Å². The Labute approximate surface area is 108 Å². The molecule has 0 aliphatic carbocycles. The first-order chi connectivity index (χ1) is 8.58. The van der Waals surface area contributed by atoms with Crippen LogP contribution in [0.1, 0.15) is 11.1 Å². The number of nitrogens with zero attached hydrogens (tertiary/aromatic N) is 1. The summed E-state index contributed by atoms with van der Waals surface area (Å²) in [6.45, 7) is 2.38. The lowest BCUT2D eigenvalue weighted by Gasteiger charge is -2.17. The van der Waals surface area contributed by atoms with Crippen molar-refractivity contribution in [3.63, 3.8) is 0 Å². The second-order valence-electron chi connectivity index (χ2n) is 4.18. The third-order valence-electron chi connectivity index (χ3n) is 2.69. The molecule has 1 aromatic rings. The standard InChI is InChI=1S/C13H21N3O2/c1-16(6-7-17-2)9-10-4-5-11(13(14)15)12(8-10)18-3/h4-5,8H,6-7,9H2,1-3H3,(H3,14,15). The van der Waals surface area contributed by atoms with Crippen LogP contribution in [0.15, 0.2) is 18.2 Å². The zero-order valence-corrected chi connectivity index (χ0v) is 11.2. The van der Waals surface area contributed by atoms with Gasteiger partial charge in [0.25, 0.3) is 0 Å². The van der Waals surface area contributed by atoms with Crippen molar-refractivity contribution in [1.29, 1.82) is 5.41 Å². The molecule has 1 aromatic carbocycles. The van der Waals surface area contributed by atoms with Gasteiger partial charge in [-0.3, -0.25) is 10.3 Å². The number of ether oxygens (including phenoxy) is 2. The van der Waals surface area contributed by atoms with E-state index in [4.69, 9.17) is 20.6 Å². The molecular weight excluding hydrogens is 230 g/mol. The molecule has 0 fully saturated rings. The van der Waals surface area contributed by atoms with Crippen LogP contribution in [0, 0.1) is 5.41 Å². The molecule has 0 saturated heterocycles. The van der Waals surface area contributed by atoms with Crippen LogP contribution in [-0.4, -0.2) is 45.2 Å². The van der Waals surface area contributed by atoms with E-state index < -0.39 is 0 Å². The topological polar surface area (TPSA) is 71.6 Å². The number of rotatable bonds is 7. The highest BCUT2D eigenvalue weighted by atomic mass is 16.5. The molecule has 100 valence electrons. The fraction of sp³-hybridized carbons (Fsp3) is 0.462. The normalized spacial score (nSPS) is 10.7. The summed E-state index contributed by atoms with van der Waals surface area (Å²) in [6.07, 6.45) is 0. The van der Waals surface area contributed by atoms with E-state index in [-0.39, 0.29) is 5.84 Å². The van der Waals surface area contributed by atoms with Crippen LogP contribution in [0.25, 0.3) is 0 Å². The van der Waals surface area contributed by atoms with E-state index >= 15 is 0 Å². The predicted octanol–water partition coefficient (Wildman–Crippen LogP) is 1.06. The van der Waals surface area contributed by atoms with E-state index in [0.29, 0.717) is 17.9 Å². The molecule has 18 heavy (non-hydrogen) atoms. The second-order valence-corrected chi connectivity index (χ2v) is 4.18. The Hall–Kier alpha value is -1.59. The SMILES string of the molecule is COCCN(C)Cc1ccc(C(=N)N)c(OC)c1. The van der Waals surface area contributed by atoms with Gasteiger partial charge in [0.15, 0.2) is 0 Å². The summed E-state index contributed by atoms with van der Waals surface area (Å²) in [5.41, 5.74) is 7.23. The summed E-state index contributed by atoms with van der Waals surface area (Å²) in [7, 11) is 5.31. The molecule has 5 heteroatoms. The summed E-state index contributed by atoms with van der Waals surface area (Å²) < 4.78 is 10.3. The van der Waals surface area contributed by atoms with E-state index in [9.17, 15) is 0 Å². The van der Waals surface area contributed by atoms with Crippen LogP contribution in [0.3, 0.4) is 0 Å². The van der Waals surface area contributed by atoms with E-state index in [1.54, 1.807) is 14.2 Å². The molecular formula is C13H21N3O2. The number of hydrogen-bond donors (Lipinski definition) is 2. The van der Waals surface area contributed by atoms with Crippen LogP contribution < -0.4 is 10.5 Å². The summed E-state index contributed by atoms with van der Waals surface area (Å²) >= 11 is 0. The minimum Gasteiger partial charge on any atom is -0.496 e. The molecule has 0 unspecified atom stereocenters. The van der Waals surface area contributed by atoms with Crippen LogP contribution in [0.5, 0.6) is 5.75 Å². The van der Waals surface area contributed by atoms with Gasteiger partial charge in [-0.25, -0.2) is 0 Å². The summed E-state index contributed by atoms with van der Waals surface area (Å²) in [5, 5.41) is 7.45. The van der Waals surface area contributed by atoms with Gasteiger partial charge in [-0.05, 0) is 24.7 Å². The maximum atomic E-state index is 7.45. The average Bonchev–Trinajstić information content (AvgIpc) is 2.35. The second kappa shape index (κ2) is 6.98. The first kappa shape index (κ1) is 14.5. The molecule has 0 amide bonds. The van der Waals surface area contributed by atoms with Gasteiger partial charge < -0.3 is 15.2 Å². The molecule has 1 rings (SSSR count). The number of nitrogens with two attached hydrogens (primary N) is 1. The molecule has 0 atom stereocenters. The number of hydrogen-bond acceptors (Lipinski definition) is 4. The predicted molar refractivity (Wildman–Crippen MR) is 72.2 cm³/mol. The molecule has 0 aromatic heterocycles. The van der Waals surface area contributed by atoms with E-state index in [1.165, 1.54) is 0 Å². The summed E-state index contributed by atoms with van der Waals surface area (Å²) in [4.78, 5) is 2.16. The minimum absolute atomic E-state index is 0.0196. The average molecular weight is 251 g/mol. The van der Waals surface area contributed by atoms with Crippen LogP contribution in [0.4, 0.5) is 0 Å². The third kappa shape index (κ3) is 4.01. The molecule has 3 N–H and O–H groups in total. The van der Waals surface area contributed by atoms with Crippen molar-refractivity contribution in [1.82, 2.24) is 4.90 Å². The Morgan fingerprint density at radius 1 is 1.39 bits per heavy atom. The molecule has 0 bridgehead atoms. The Bertz CT molecular complexity index is 407. The molecule has 0 heterocycles. The highest BCUT2D eigenvalue weighted by molar-refractivity contribution is 5.97. The minimum atomic E-state index is 0.0196. The number of nitrogens with one attached hydrogen (secondary N) is 1. The highest BCUT2D eigenvalue weighted by Crippen LogP contribution is 2.20. The molecule has 0 aliphatic heterocycles. The van der Waals surface area contributed by atoms with Gasteiger partial charge in [0.2, 0.25) is 0 Å². The number of methoxy groups -OCH3 is 2. The Morgan fingerprint density at radius 3 is 2.67 bits per heavy atom. The molecule has 0 radical (unpaired) electrons. The first-order valence-corrected chi connectivity index (χ1v) is 5.77. The van der Waals surface area contributed by atoms with Gasteiger partial charge in [0.05, 0.1) is 19.3 Å². The van der Waals surface area contributed by atoms with Gasteiger partial charge in [0.1, 0.15) is 11.6 Å². The lowest BCUT2D eigenvalue weighted by molar-refractivity contribution is 0.158. The smallest absolute Gasteiger partial charge is 0.130 e. The van der Waals surface area contributed by atoms with Gasteiger partial charge in [0, 0.05) is 20.2 Å². The lowest BCUT2D eigenvalue weighted by atomic mass is 10.1. The van der Waals surface area contributed by atoms with E-state index in [0.717, 1.165) is 18.7 Å². The molecule has 0 saturated carbocycles. The van der Waals surface area contributed by atoms with Crippen molar-refractivity contribution < 1.29 is 9.47 Å². The van der Waals surface area contributed by atoms with Crippen molar-refractivity contribution in [2.24, 2.45) is 5.73 Å². The molecule has 0 aliphatic rings. The Morgan fingerprint density at radius 2 is 2.11 bits per heavy atom. The van der Waals surface area contributed by atoms with Crippen LogP contribution in [-0.2, 0) is 11.3 Å². The number of benzene rings is 1. The zero-order chi connectivity index (χ0) is 13.5.